The zero-order chi connectivity index (χ0) is 24.5. The molecule has 9 nitrogen and oxygen atoms in total. The number of hydrogen-bond donors (Lipinski definition) is 3. The van der Waals surface area contributed by atoms with Crippen molar-refractivity contribution in [3.63, 3.8) is 0 Å². The molecule has 3 aromatic carbocycles. The fraction of sp³-hybridized carbons (Fsp3) is 0.0769. The van der Waals surface area contributed by atoms with Crippen molar-refractivity contribution in [1.29, 1.82) is 0 Å². The van der Waals surface area contributed by atoms with Crippen molar-refractivity contribution in [3.8, 4) is 11.3 Å². The summed E-state index contributed by atoms with van der Waals surface area (Å²) in [6.07, 6.45) is 3.67. The van der Waals surface area contributed by atoms with Gasteiger partial charge in [-0.15, -0.1) is 0 Å². The molecule has 35 heavy (non-hydrogen) atoms. The lowest BCUT2D eigenvalue weighted by Gasteiger charge is -2.15. The molecule has 0 atom stereocenters. The Hall–Kier alpha value is -4.76. The fourth-order valence-electron chi connectivity index (χ4n) is 4.03. The van der Waals surface area contributed by atoms with Crippen molar-refractivity contribution in [2.24, 2.45) is 12.8 Å². The summed E-state index contributed by atoms with van der Waals surface area (Å²) in [4.78, 5) is 28.4. The molecule has 0 unspecified atom stereocenters. The van der Waals surface area contributed by atoms with Crippen LogP contribution in [0, 0.1) is 10.1 Å². The van der Waals surface area contributed by atoms with Gasteiger partial charge in [0.25, 0.3) is 11.6 Å². The van der Waals surface area contributed by atoms with Gasteiger partial charge in [-0.05, 0) is 29.3 Å². The quantitative estimate of drug-likeness (QED) is 0.220. The number of benzene rings is 3. The molecule has 0 radical (unpaired) electrons. The van der Waals surface area contributed by atoms with E-state index in [9.17, 15) is 14.9 Å². The van der Waals surface area contributed by atoms with Crippen molar-refractivity contribution < 1.29 is 9.72 Å². The molecule has 174 valence electrons. The van der Waals surface area contributed by atoms with Gasteiger partial charge in [0.2, 0.25) is 0 Å². The third kappa shape index (κ3) is 4.28. The lowest BCUT2D eigenvalue weighted by Crippen LogP contribution is -2.10. The van der Waals surface area contributed by atoms with Gasteiger partial charge in [-0.3, -0.25) is 14.9 Å². The molecule has 4 aromatic rings. The van der Waals surface area contributed by atoms with Crippen LogP contribution in [0.4, 0.5) is 17.1 Å². The Morgan fingerprint density at radius 1 is 1.11 bits per heavy atom. The number of nitro benzene ring substituents is 1. The van der Waals surface area contributed by atoms with Gasteiger partial charge < -0.3 is 20.9 Å². The van der Waals surface area contributed by atoms with Crippen molar-refractivity contribution in [1.82, 2.24) is 9.55 Å². The predicted octanol–water partition coefficient (Wildman–Crippen LogP) is 4.39. The van der Waals surface area contributed by atoms with E-state index in [1.807, 2.05) is 66.3 Å². The number of fused-ring (bicyclic) bond motifs is 1. The SMILES string of the molecule is Cn1cnc(-c2ccc(NC(=C3C(=O)Nc4ccc([N+](=O)[O-])cc43)c3ccc(CN)cc3)cc2)c1. The van der Waals surface area contributed by atoms with Crippen LogP contribution < -0.4 is 16.4 Å². The number of nitrogens with one attached hydrogen (secondary N) is 2. The summed E-state index contributed by atoms with van der Waals surface area (Å²) in [6.45, 7) is 0.393. The smallest absolute Gasteiger partial charge is 0.270 e. The van der Waals surface area contributed by atoms with Gasteiger partial charge in [0.15, 0.2) is 0 Å². The number of non-ortho nitro benzene ring substituents is 1. The van der Waals surface area contributed by atoms with Gasteiger partial charge in [-0.25, -0.2) is 4.98 Å². The Balaban J connectivity index is 1.61. The highest BCUT2D eigenvalue weighted by molar-refractivity contribution is 6.37. The molecule has 1 aliphatic rings. The number of aryl methyl sites for hydroxylation is 1. The number of nitrogens with two attached hydrogens (primary N) is 1. The van der Waals surface area contributed by atoms with Crippen LogP contribution in [0.2, 0.25) is 0 Å². The molecule has 9 heteroatoms. The molecule has 0 fully saturated rings. The van der Waals surface area contributed by atoms with E-state index in [0.717, 1.165) is 28.1 Å². The van der Waals surface area contributed by atoms with Gasteiger partial charge in [-0.1, -0.05) is 36.4 Å². The molecule has 0 saturated carbocycles. The summed E-state index contributed by atoms with van der Waals surface area (Å²) < 4.78 is 1.88. The second-order valence-electron chi connectivity index (χ2n) is 8.22. The van der Waals surface area contributed by atoms with E-state index in [2.05, 4.69) is 15.6 Å². The van der Waals surface area contributed by atoms with Crippen LogP contribution in [-0.4, -0.2) is 20.4 Å². The Bertz CT molecular complexity index is 1470. The van der Waals surface area contributed by atoms with Gasteiger partial charge in [0.1, 0.15) is 0 Å². The molecule has 4 N–H and O–H groups in total. The molecule has 0 bridgehead atoms. The number of nitrogens with zero attached hydrogens (tertiary/aromatic N) is 3. The number of rotatable bonds is 6. The summed E-state index contributed by atoms with van der Waals surface area (Å²) in [5.74, 6) is -0.337. The van der Waals surface area contributed by atoms with Crippen molar-refractivity contribution in [3.05, 3.63) is 106 Å². The average Bonchev–Trinajstić information content (AvgIpc) is 3.45. The molecule has 0 aliphatic carbocycles. The third-order valence-electron chi connectivity index (χ3n) is 5.84. The molecule has 1 aromatic heterocycles. The van der Waals surface area contributed by atoms with Gasteiger partial charge in [0.05, 0.1) is 28.2 Å². The monoisotopic (exact) mass is 466 g/mol. The summed E-state index contributed by atoms with van der Waals surface area (Å²) in [6, 6.07) is 19.6. The first-order chi connectivity index (χ1) is 16.9. The minimum Gasteiger partial charge on any atom is -0.354 e. The Morgan fingerprint density at radius 2 is 1.86 bits per heavy atom. The van der Waals surface area contributed by atoms with Gasteiger partial charge in [0, 0.05) is 54.4 Å². The second-order valence-corrected chi connectivity index (χ2v) is 8.22. The van der Waals surface area contributed by atoms with Crippen LogP contribution in [0.3, 0.4) is 0 Å². The predicted molar refractivity (Wildman–Crippen MR) is 135 cm³/mol. The fourth-order valence-corrected chi connectivity index (χ4v) is 4.03. The van der Waals surface area contributed by atoms with E-state index in [-0.39, 0.29) is 11.6 Å². The van der Waals surface area contributed by atoms with E-state index >= 15 is 0 Å². The van der Waals surface area contributed by atoms with Crippen molar-refractivity contribution >= 4 is 34.2 Å². The number of aromatic nitrogens is 2. The van der Waals surface area contributed by atoms with E-state index in [4.69, 9.17) is 5.73 Å². The molecular weight excluding hydrogens is 444 g/mol. The average molecular weight is 467 g/mol. The van der Waals surface area contributed by atoms with Crippen molar-refractivity contribution in [2.45, 2.75) is 6.54 Å². The largest absolute Gasteiger partial charge is 0.354 e. The maximum atomic E-state index is 13.1. The Labute approximate surface area is 201 Å². The highest BCUT2D eigenvalue weighted by Gasteiger charge is 2.30. The maximum absolute atomic E-state index is 13.1. The number of imidazole rings is 1. The number of carbonyl (C=O) groups is 1. The van der Waals surface area contributed by atoms with Crippen LogP contribution in [0.25, 0.3) is 22.5 Å². The van der Waals surface area contributed by atoms with Crippen LogP contribution >= 0.6 is 0 Å². The molecule has 1 amide bonds. The summed E-state index contributed by atoms with van der Waals surface area (Å²) in [7, 11) is 1.91. The number of hydrogen-bond acceptors (Lipinski definition) is 6. The third-order valence-corrected chi connectivity index (χ3v) is 5.84. The first-order valence-electron chi connectivity index (χ1n) is 10.9. The first-order valence-corrected chi connectivity index (χ1v) is 10.9. The Kier molecular flexibility index (Phi) is 5.60. The van der Waals surface area contributed by atoms with Gasteiger partial charge >= 0.3 is 0 Å². The van der Waals surface area contributed by atoms with E-state index in [1.54, 1.807) is 12.4 Å². The lowest BCUT2D eigenvalue weighted by molar-refractivity contribution is -0.384. The standard InChI is InChI=1S/C26H22N6O3/c1-31-14-23(28-15-31)17-6-8-19(9-7-17)29-25(18-4-2-16(13-27)3-5-18)24-21-12-20(32(34)35)10-11-22(21)30-26(24)33/h2-12,14-15,29H,13,27H2,1H3,(H,30,33). The van der Waals surface area contributed by atoms with Crippen molar-refractivity contribution in [2.75, 3.05) is 10.6 Å². The Morgan fingerprint density at radius 3 is 2.49 bits per heavy atom. The summed E-state index contributed by atoms with van der Waals surface area (Å²) >= 11 is 0. The normalized spacial score (nSPS) is 13.8. The number of nitro groups is 1. The van der Waals surface area contributed by atoms with E-state index in [0.29, 0.717) is 29.1 Å². The highest BCUT2D eigenvalue weighted by atomic mass is 16.6. The summed E-state index contributed by atoms with van der Waals surface area (Å²) in [5, 5.41) is 17.6. The first kappa shape index (κ1) is 22.1. The number of amides is 1. The van der Waals surface area contributed by atoms with Gasteiger partial charge in [-0.2, -0.15) is 0 Å². The molecular formula is C26H22N6O3. The lowest BCUT2D eigenvalue weighted by atomic mass is 9.98. The highest BCUT2D eigenvalue weighted by Crippen LogP contribution is 2.39. The topological polar surface area (TPSA) is 128 Å². The maximum Gasteiger partial charge on any atom is 0.270 e. The molecule has 1 aliphatic heterocycles. The van der Waals surface area contributed by atoms with E-state index < -0.39 is 4.92 Å². The second kappa shape index (κ2) is 8.88. The molecule has 5 rings (SSSR count). The van der Waals surface area contributed by atoms with Crippen LogP contribution in [0.5, 0.6) is 0 Å². The number of carbonyl (C=O) groups excluding carboxylic acids is 1. The zero-order valence-electron chi connectivity index (χ0n) is 18.9. The molecule has 0 saturated heterocycles. The zero-order valence-corrected chi connectivity index (χ0v) is 18.9. The van der Waals surface area contributed by atoms with Crippen LogP contribution in [0.15, 0.2) is 79.3 Å². The molecule has 2 heterocycles. The number of anilines is 2. The van der Waals surface area contributed by atoms with E-state index in [1.165, 1.54) is 12.1 Å². The molecule has 0 spiro atoms. The van der Waals surface area contributed by atoms with Crippen LogP contribution in [0.1, 0.15) is 16.7 Å². The minimum absolute atomic E-state index is 0.0877. The minimum atomic E-state index is -0.472. The summed E-state index contributed by atoms with van der Waals surface area (Å²) in [5.41, 5.74) is 11.8. The van der Waals surface area contributed by atoms with Crippen LogP contribution in [-0.2, 0) is 18.4 Å².